The Morgan fingerprint density at radius 2 is 1.91 bits per heavy atom. The van der Waals surface area contributed by atoms with E-state index in [1.165, 1.54) is 12.1 Å². The molecular formula is C27H22ClFO3. The molecule has 0 fully saturated rings. The second-order valence-electron chi connectivity index (χ2n) is 7.56. The predicted octanol–water partition coefficient (Wildman–Crippen LogP) is 7.07. The van der Waals surface area contributed by atoms with Crippen LogP contribution >= 0.6 is 11.6 Å². The second kappa shape index (κ2) is 9.41. The molecule has 0 bridgehead atoms. The lowest BCUT2D eigenvalue weighted by atomic mass is 9.82. The van der Waals surface area contributed by atoms with E-state index >= 15 is 0 Å². The highest BCUT2D eigenvalue weighted by atomic mass is 35.5. The van der Waals surface area contributed by atoms with Crippen LogP contribution in [0.3, 0.4) is 0 Å². The number of para-hydroxylation sites is 1. The molecule has 1 heterocycles. The van der Waals surface area contributed by atoms with Gasteiger partial charge in [0.25, 0.3) is 0 Å². The average Bonchev–Trinajstić information content (AvgIpc) is 3.21. The van der Waals surface area contributed by atoms with E-state index in [4.69, 9.17) is 21.4 Å². The van der Waals surface area contributed by atoms with Crippen molar-refractivity contribution in [2.45, 2.75) is 19.3 Å². The summed E-state index contributed by atoms with van der Waals surface area (Å²) in [6.07, 6.45) is 3.36. The van der Waals surface area contributed by atoms with Gasteiger partial charge in [0.15, 0.2) is 0 Å². The molecule has 5 heteroatoms. The number of hydrogen-bond donors (Lipinski definition) is 1. The monoisotopic (exact) mass is 448 g/mol. The van der Waals surface area contributed by atoms with Gasteiger partial charge in [-0.1, -0.05) is 67.1 Å². The third kappa shape index (κ3) is 4.46. The Balaban J connectivity index is 1.89. The van der Waals surface area contributed by atoms with Gasteiger partial charge >= 0.3 is 5.97 Å². The van der Waals surface area contributed by atoms with Gasteiger partial charge in [0.2, 0.25) is 0 Å². The zero-order valence-corrected chi connectivity index (χ0v) is 18.3. The Morgan fingerprint density at radius 1 is 1.16 bits per heavy atom. The Kier molecular flexibility index (Phi) is 6.42. The first kappa shape index (κ1) is 21.8. The van der Waals surface area contributed by atoms with Gasteiger partial charge in [0.1, 0.15) is 11.6 Å². The van der Waals surface area contributed by atoms with Crippen LogP contribution in [0.25, 0.3) is 17.2 Å². The van der Waals surface area contributed by atoms with E-state index in [0.29, 0.717) is 18.1 Å². The van der Waals surface area contributed by atoms with Crippen molar-refractivity contribution in [1.29, 1.82) is 0 Å². The quantitative estimate of drug-likeness (QED) is 0.324. The van der Waals surface area contributed by atoms with Gasteiger partial charge in [-0.15, -0.1) is 0 Å². The molecule has 32 heavy (non-hydrogen) atoms. The normalized spacial score (nSPS) is 15.9. The minimum Gasteiger partial charge on any atom is -0.492 e. The van der Waals surface area contributed by atoms with Gasteiger partial charge < -0.3 is 9.84 Å². The highest BCUT2D eigenvalue weighted by molar-refractivity contribution is 6.32. The lowest BCUT2D eigenvalue weighted by Gasteiger charge is -2.21. The highest BCUT2D eigenvalue weighted by Crippen LogP contribution is 2.46. The van der Waals surface area contributed by atoms with E-state index in [1.807, 2.05) is 42.5 Å². The number of fused-ring (bicyclic) bond motifs is 1. The van der Waals surface area contributed by atoms with Crippen LogP contribution in [-0.2, 0) is 4.79 Å². The predicted molar refractivity (Wildman–Crippen MR) is 126 cm³/mol. The third-order valence-electron chi connectivity index (χ3n) is 5.62. The van der Waals surface area contributed by atoms with Crippen LogP contribution in [0.1, 0.15) is 41.5 Å². The first-order chi connectivity index (χ1) is 15.5. The van der Waals surface area contributed by atoms with E-state index in [2.05, 4.69) is 13.0 Å². The standard InChI is InChI=1S/C27H22ClFO3/c1-2-20(21-13-12-19(29)15-24(21)28)27(23-16-32-25-6-4-3-5-22(23)25)18-10-7-17(8-11-18)9-14-26(30)31/h3-15,23H,2,16H2,1H3,(H,30,31)/b14-9+,27-20+. The van der Waals surface area contributed by atoms with Crippen LogP contribution in [0, 0.1) is 5.82 Å². The Labute approximate surface area is 191 Å². The SMILES string of the molecule is CC/C(=C(/c1ccc(/C=C/C(=O)O)cc1)C1COc2ccccc21)c1ccc(F)cc1Cl. The molecule has 3 aromatic rings. The summed E-state index contributed by atoms with van der Waals surface area (Å²) in [4.78, 5) is 10.8. The van der Waals surface area contributed by atoms with Crippen molar-refractivity contribution in [3.05, 3.63) is 106 Å². The van der Waals surface area contributed by atoms with Crippen LogP contribution in [0.2, 0.25) is 5.02 Å². The fourth-order valence-electron chi connectivity index (χ4n) is 4.19. The maximum absolute atomic E-state index is 13.7. The number of allylic oxidation sites excluding steroid dienone is 1. The van der Waals surface area contributed by atoms with Gasteiger partial charge in [0.05, 0.1) is 11.6 Å². The lowest BCUT2D eigenvalue weighted by Crippen LogP contribution is -2.07. The minimum atomic E-state index is -0.992. The molecule has 1 N–H and O–H groups in total. The molecule has 1 atom stereocenters. The molecule has 1 aliphatic heterocycles. The Morgan fingerprint density at radius 3 is 2.59 bits per heavy atom. The van der Waals surface area contributed by atoms with E-state index in [1.54, 1.807) is 12.1 Å². The summed E-state index contributed by atoms with van der Waals surface area (Å²) in [5, 5.41) is 9.25. The summed E-state index contributed by atoms with van der Waals surface area (Å²) >= 11 is 6.47. The molecule has 0 aromatic heterocycles. The number of aliphatic carboxylic acids is 1. The van der Waals surface area contributed by atoms with Gasteiger partial charge in [-0.2, -0.15) is 0 Å². The lowest BCUT2D eigenvalue weighted by molar-refractivity contribution is -0.131. The molecule has 4 rings (SSSR count). The van der Waals surface area contributed by atoms with Gasteiger partial charge in [-0.25, -0.2) is 9.18 Å². The van der Waals surface area contributed by atoms with Crippen molar-refractivity contribution in [1.82, 2.24) is 0 Å². The van der Waals surface area contributed by atoms with Gasteiger partial charge in [0, 0.05) is 17.6 Å². The molecule has 3 nitrogen and oxygen atoms in total. The highest BCUT2D eigenvalue weighted by Gasteiger charge is 2.30. The summed E-state index contributed by atoms with van der Waals surface area (Å²) in [6.45, 7) is 2.55. The maximum Gasteiger partial charge on any atom is 0.328 e. The summed E-state index contributed by atoms with van der Waals surface area (Å²) in [7, 11) is 0. The topological polar surface area (TPSA) is 46.5 Å². The number of carbonyl (C=O) groups is 1. The molecule has 0 spiro atoms. The molecule has 3 aromatic carbocycles. The van der Waals surface area contributed by atoms with Crippen LogP contribution in [0.4, 0.5) is 4.39 Å². The fraction of sp³-hybridized carbons (Fsp3) is 0.148. The van der Waals surface area contributed by atoms with Gasteiger partial charge in [-0.3, -0.25) is 0 Å². The van der Waals surface area contributed by atoms with Crippen molar-refractivity contribution in [2.75, 3.05) is 6.61 Å². The molecule has 0 saturated carbocycles. The number of rotatable bonds is 6. The zero-order chi connectivity index (χ0) is 22.7. The fourth-order valence-corrected chi connectivity index (χ4v) is 4.47. The molecule has 0 saturated heterocycles. The van der Waals surface area contributed by atoms with E-state index in [0.717, 1.165) is 45.2 Å². The average molecular weight is 449 g/mol. The Hall–Kier alpha value is -3.37. The molecule has 162 valence electrons. The van der Waals surface area contributed by atoms with E-state index in [9.17, 15) is 9.18 Å². The zero-order valence-electron chi connectivity index (χ0n) is 17.5. The number of carboxylic acids is 1. The van der Waals surface area contributed by atoms with Crippen molar-refractivity contribution < 1.29 is 19.0 Å². The number of carboxylic acid groups (broad SMARTS) is 1. The van der Waals surface area contributed by atoms with Crippen LogP contribution in [-0.4, -0.2) is 17.7 Å². The van der Waals surface area contributed by atoms with Crippen LogP contribution in [0.15, 0.2) is 72.8 Å². The number of hydrogen-bond acceptors (Lipinski definition) is 2. The van der Waals surface area contributed by atoms with Crippen molar-refractivity contribution in [2.24, 2.45) is 0 Å². The largest absolute Gasteiger partial charge is 0.492 e. The van der Waals surface area contributed by atoms with Crippen molar-refractivity contribution in [3.8, 4) is 5.75 Å². The number of ether oxygens (including phenoxy) is 1. The smallest absolute Gasteiger partial charge is 0.328 e. The minimum absolute atomic E-state index is 0.0114. The van der Waals surface area contributed by atoms with Crippen LogP contribution in [0.5, 0.6) is 5.75 Å². The van der Waals surface area contributed by atoms with E-state index < -0.39 is 5.97 Å². The summed E-state index contributed by atoms with van der Waals surface area (Å²) in [6, 6.07) is 20.2. The molecule has 1 aliphatic rings. The first-order valence-electron chi connectivity index (χ1n) is 10.4. The van der Waals surface area contributed by atoms with Gasteiger partial charge in [-0.05, 0) is 58.5 Å². The number of halogens is 2. The number of benzene rings is 3. The second-order valence-corrected chi connectivity index (χ2v) is 7.97. The maximum atomic E-state index is 13.7. The van der Waals surface area contributed by atoms with Crippen molar-refractivity contribution in [3.63, 3.8) is 0 Å². The first-order valence-corrected chi connectivity index (χ1v) is 10.8. The summed E-state index contributed by atoms with van der Waals surface area (Å²) in [5.41, 5.74) is 5.76. The molecule has 0 aliphatic carbocycles. The van der Waals surface area contributed by atoms with E-state index in [-0.39, 0.29) is 11.7 Å². The summed E-state index contributed by atoms with van der Waals surface area (Å²) in [5.74, 6) is -0.521. The molecular weight excluding hydrogens is 427 g/mol. The van der Waals surface area contributed by atoms with Crippen LogP contribution < -0.4 is 4.74 Å². The summed E-state index contributed by atoms with van der Waals surface area (Å²) < 4.78 is 19.7. The molecule has 0 radical (unpaired) electrons. The van der Waals surface area contributed by atoms with Crippen molar-refractivity contribution >= 4 is 34.8 Å². The third-order valence-corrected chi connectivity index (χ3v) is 5.94. The Bertz CT molecular complexity index is 1210. The molecule has 0 amide bonds. The molecule has 1 unspecified atom stereocenters.